The highest BCUT2D eigenvalue weighted by atomic mass is 79.9. The van der Waals surface area contributed by atoms with Crippen molar-refractivity contribution in [3.63, 3.8) is 0 Å². The third-order valence-corrected chi connectivity index (χ3v) is 5.17. The molecule has 2 rings (SSSR count). The van der Waals surface area contributed by atoms with E-state index in [-0.39, 0.29) is 23.9 Å². The Morgan fingerprint density at radius 1 is 1.38 bits per heavy atom. The van der Waals surface area contributed by atoms with Gasteiger partial charge < -0.3 is 9.63 Å². The van der Waals surface area contributed by atoms with Gasteiger partial charge >= 0.3 is 0 Å². The molecule has 9 heteroatoms. The summed E-state index contributed by atoms with van der Waals surface area (Å²) in [5, 5.41) is 12.8. The molecule has 7 nitrogen and oxygen atoms in total. The topological polar surface area (TPSA) is 105 Å². The predicted octanol–water partition coefficient (Wildman–Crippen LogP) is 1.42. The van der Waals surface area contributed by atoms with E-state index in [1.807, 2.05) is 0 Å². The molecule has 0 saturated carbocycles. The van der Waals surface area contributed by atoms with Crippen molar-refractivity contribution in [2.75, 3.05) is 0 Å². The monoisotopic (exact) mass is 375 g/mol. The molecule has 0 spiro atoms. The molecule has 2 N–H and O–H groups in total. The standard InChI is InChI=1S/C12H14BrN3O4S/c1-7-10(13)3-9(6-17)4-11(7)21(18,19)14-5-12-15-8(2)20-16-12/h3-4,14,17H,5-6H2,1-2H3. The van der Waals surface area contributed by atoms with Gasteiger partial charge in [-0.3, -0.25) is 0 Å². The van der Waals surface area contributed by atoms with E-state index in [0.717, 1.165) is 0 Å². The number of aryl methyl sites for hydroxylation is 1. The second kappa shape index (κ2) is 6.22. The normalized spacial score (nSPS) is 11.8. The van der Waals surface area contributed by atoms with Crippen molar-refractivity contribution in [2.24, 2.45) is 0 Å². The maximum absolute atomic E-state index is 12.4. The summed E-state index contributed by atoms with van der Waals surface area (Å²) in [7, 11) is -3.75. The molecule has 0 saturated heterocycles. The van der Waals surface area contributed by atoms with Crippen molar-refractivity contribution < 1.29 is 18.0 Å². The second-order valence-electron chi connectivity index (χ2n) is 4.41. The zero-order valence-electron chi connectivity index (χ0n) is 11.4. The second-order valence-corrected chi connectivity index (χ2v) is 7.00. The van der Waals surface area contributed by atoms with Gasteiger partial charge in [0, 0.05) is 11.4 Å². The molecule has 21 heavy (non-hydrogen) atoms. The molecule has 1 aromatic carbocycles. The van der Waals surface area contributed by atoms with Crippen molar-refractivity contribution in [3.05, 3.63) is 39.4 Å². The first-order valence-corrected chi connectivity index (χ1v) is 8.30. The van der Waals surface area contributed by atoms with E-state index in [0.29, 0.717) is 21.5 Å². The highest BCUT2D eigenvalue weighted by Crippen LogP contribution is 2.25. The molecular weight excluding hydrogens is 362 g/mol. The molecule has 0 aliphatic carbocycles. The molecule has 0 atom stereocenters. The Hall–Kier alpha value is -1.29. The van der Waals surface area contributed by atoms with Gasteiger partial charge in [0.1, 0.15) is 0 Å². The lowest BCUT2D eigenvalue weighted by Crippen LogP contribution is -2.25. The number of hydrogen-bond donors (Lipinski definition) is 2. The zero-order valence-corrected chi connectivity index (χ0v) is 13.8. The Kier molecular flexibility index (Phi) is 4.77. The smallest absolute Gasteiger partial charge is 0.241 e. The molecule has 1 aromatic heterocycles. The van der Waals surface area contributed by atoms with Crippen LogP contribution in [0.4, 0.5) is 0 Å². The minimum absolute atomic E-state index is 0.0694. The first-order chi connectivity index (χ1) is 9.83. The van der Waals surface area contributed by atoms with Gasteiger partial charge in [-0.2, -0.15) is 4.98 Å². The van der Waals surface area contributed by atoms with Crippen LogP contribution in [-0.2, 0) is 23.2 Å². The van der Waals surface area contributed by atoms with Gasteiger partial charge in [0.15, 0.2) is 5.82 Å². The zero-order chi connectivity index (χ0) is 15.6. The summed E-state index contributed by atoms with van der Waals surface area (Å²) in [5.74, 6) is 0.622. The van der Waals surface area contributed by atoms with E-state index < -0.39 is 10.0 Å². The lowest BCUT2D eigenvalue weighted by Gasteiger charge is -2.11. The van der Waals surface area contributed by atoms with Gasteiger partial charge in [-0.1, -0.05) is 21.1 Å². The van der Waals surface area contributed by atoms with Gasteiger partial charge in [-0.05, 0) is 30.2 Å². The van der Waals surface area contributed by atoms with E-state index in [9.17, 15) is 13.5 Å². The number of aliphatic hydroxyl groups is 1. The summed E-state index contributed by atoms with van der Waals surface area (Å²) in [6, 6.07) is 3.11. The van der Waals surface area contributed by atoms with Gasteiger partial charge in [0.2, 0.25) is 15.9 Å². The summed E-state index contributed by atoms with van der Waals surface area (Å²) in [5.41, 5.74) is 1.06. The van der Waals surface area contributed by atoms with Gasteiger partial charge in [0.25, 0.3) is 0 Å². The van der Waals surface area contributed by atoms with E-state index in [4.69, 9.17) is 4.52 Å². The highest BCUT2D eigenvalue weighted by molar-refractivity contribution is 9.10. The molecule has 0 radical (unpaired) electrons. The fourth-order valence-corrected chi connectivity index (χ4v) is 3.66. The van der Waals surface area contributed by atoms with Crippen LogP contribution in [0.2, 0.25) is 0 Å². The molecule has 0 bridgehead atoms. The van der Waals surface area contributed by atoms with Crippen molar-refractivity contribution in [1.82, 2.24) is 14.9 Å². The predicted molar refractivity (Wildman–Crippen MR) is 77.9 cm³/mol. The number of aliphatic hydroxyl groups excluding tert-OH is 1. The SMILES string of the molecule is Cc1nc(CNS(=O)(=O)c2cc(CO)cc(Br)c2C)no1. The summed E-state index contributed by atoms with van der Waals surface area (Å²) in [4.78, 5) is 4.03. The average molecular weight is 376 g/mol. The van der Waals surface area contributed by atoms with Crippen molar-refractivity contribution in [1.29, 1.82) is 0 Å². The van der Waals surface area contributed by atoms with Crippen molar-refractivity contribution in [2.45, 2.75) is 31.9 Å². The Bertz CT molecular complexity index is 758. The molecular formula is C12H14BrN3O4S. The van der Waals surface area contributed by atoms with Crippen molar-refractivity contribution >= 4 is 26.0 Å². The molecule has 0 aliphatic heterocycles. The van der Waals surface area contributed by atoms with Crippen LogP contribution in [-0.4, -0.2) is 23.7 Å². The lowest BCUT2D eigenvalue weighted by atomic mass is 10.2. The number of aromatic nitrogens is 2. The molecule has 0 fully saturated rings. The van der Waals surface area contributed by atoms with Crippen LogP contribution >= 0.6 is 15.9 Å². The van der Waals surface area contributed by atoms with Crippen LogP contribution in [0, 0.1) is 13.8 Å². The van der Waals surface area contributed by atoms with E-state index in [1.54, 1.807) is 19.9 Å². The fraction of sp³-hybridized carbons (Fsp3) is 0.333. The number of halogens is 1. The molecule has 0 aliphatic rings. The van der Waals surface area contributed by atoms with Gasteiger partial charge in [-0.25, -0.2) is 13.1 Å². The summed E-state index contributed by atoms with van der Waals surface area (Å²) in [6.45, 7) is 2.99. The fourth-order valence-electron chi connectivity index (χ4n) is 1.73. The molecule has 114 valence electrons. The Morgan fingerprint density at radius 2 is 2.10 bits per heavy atom. The van der Waals surface area contributed by atoms with Crippen LogP contribution in [0.1, 0.15) is 22.8 Å². The molecule has 0 amide bonds. The summed E-state index contributed by atoms with van der Waals surface area (Å²) >= 11 is 3.29. The lowest BCUT2D eigenvalue weighted by molar-refractivity contribution is 0.281. The third-order valence-electron chi connectivity index (χ3n) is 2.82. The first-order valence-electron chi connectivity index (χ1n) is 6.02. The molecule has 2 aromatic rings. The number of benzene rings is 1. The number of nitrogens with one attached hydrogen (secondary N) is 1. The third kappa shape index (κ3) is 3.67. The maximum atomic E-state index is 12.4. The van der Waals surface area contributed by atoms with Gasteiger partial charge in [0.05, 0.1) is 18.0 Å². The van der Waals surface area contributed by atoms with Crippen LogP contribution in [0.3, 0.4) is 0 Å². The van der Waals surface area contributed by atoms with E-state index in [2.05, 4.69) is 30.8 Å². The van der Waals surface area contributed by atoms with Crippen LogP contribution in [0.15, 0.2) is 26.0 Å². The maximum Gasteiger partial charge on any atom is 0.241 e. The van der Waals surface area contributed by atoms with Gasteiger partial charge in [-0.15, -0.1) is 0 Å². The minimum Gasteiger partial charge on any atom is -0.392 e. The Labute approximate surface area is 130 Å². The largest absolute Gasteiger partial charge is 0.392 e. The Balaban J connectivity index is 2.29. The average Bonchev–Trinajstić information content (AvgIpc) is 2.85. The number of hydrogen-bond acceptors (Lipinski definition) is 6. The van der Waals surface area contributed by atoms with Crippen LogP contribution < -0.4 is 4.72 Å². The first kappa shape index (κ1) is 16.1. The van der Waals surface area contributed by atoms with E-state index >= 15 is 0 Å². The van der Waals surface area contributed by atoms with Crippen LogP contribution in [0.5, 0.6) is 0 Å². The Morgan fingerprint density at radius 3 is 2.67 bits per heavy atom. The van der Waals surface area contributed by atoms with Crippen molar-refractivity contribution in [3.8, 4) is 0 Å². The highest BCUT2D eigenvalue weighted by Gasteiger charge is 2.20. The minimum atomic E-state index is -3.75. The van der Waals surface area contributed by atoms with Crippen LogP contribution in [0.25, 0.3) is 0 Å². The molecule has 0 unspecified atom stereocenters. The quantitative estimate of drug-likeness (QED) is 0.818. The number of nitrogens with zero attached hydrogens (tertiary/aromatic N) is 2. The summed E-state index contributed by atoms with van der Waals surface area (Å²) < 4.78 is 32.5. The number of sulfonamides is 1. The van der Waals surface area contributed by atoms with E-state index in [1.165, 1.54) is 6.07 Å². The summed E-state index contributed by atoms with van der Waals surface area (Å²) in [6.07, 6.45) is 0. The number of rotatable bonds is 5. The molecule has 1 heterocycles.